The third kappa shape index (κ3) is 3.25. The molecule has 1 amide bonds. The molecule has 1 atom stereocenters. The molecule has 0 unspecified atom stereocenters. The van der Waals surface area contributed by atoms with Crippen molar-refractivity contribution in [2.24, 2.45) is 0 Å². The molecule has 1 aromatic carbocycles. The highest BCUT2D eigenvalue weighted by Crippen LogP contribution is 2.27. The Labute approximate surface area is 154 Å². The Bertz CT molecular complexity index is 893. The van der Waals surface area contributed by atoms with E-state index in [2.05, 4.69) is 15.1 Å². The number of benzene rings is 1. The Hall–Kier alpha value is -2.58. The zero-order valence-electron chi connectivity index (χ0n) is 14.3. The van der Waals surface area contributed by atoms with Crippen LogP contribution in [0.2, 0.25) is 0 Å². The predicted molar refractivity (Wildman–Crippen MR) is 95.8 cm³/mol. The molecule has 26 heavy (non-hydrogen) atoms. The van der Waals surface area contributed by atoms with E-state index in [-0.39, 0.29) is 11.9 Å². The van der Waals surface area contributed by atoms with Gasteiger partial charge in [-0.2, -0.15) is 4.98 Å². The molecule has 0 radical (unpaired) electrons. The van der Waals surface area contributed by atoms with E-state index in [1.165, 1.54) is 11.3 Å². The number of rotatable bonds is 4. The van der Waals surface area contributed by atoms with Gasteiger partial charge in [0.25, 0.3) is 11.8 Å². The summed E-state index contributed by atoms with van der Waals surface area (Å²) in [6.45, 7) is 3.34. The van der Waals surface area contributed by atoms with Gasteiger partial charge in [0.05, 0.1) is 24.4 Å². The minimum absolute atomic E-state index is 0.0680. The molecule has 1 aliphatic rings. The molecule has 7 nitrogen and oxygen atoms in total. The van der Waals surface area contributed by atoms with Crippen LogP contribution in [0.5, 0.6) is 0 Å². The average Bonchev–Trinajstić information content (AvgIpc) is 3.38. The second kappa shape index (κ2) is 7.35. The first-order valence-corrected chi connectivity index (χ1v) is 9.30. The number of aryl methyl sites for hydroxylation is 1. The fourth-order valence-electron chi connectivity index (χ4n) is 2.84. The summed E-state index contributed by atoms with van der Waals surface area (Å²) in [5.74, 6) is 0.823. The lowest BCUT2D eigenvalue weighted by molar-refractivity contribution is -0.00552. The molecule has 0 N–H and O–H groups in total. The Morgan fingerprint density at radius 3 is 2.96 bits per heavy atom. The second-order valence-electron chi connectivity index (χ2n) is 5.88. The van der Waals surface area contributed by atoms with Crippen LogP contribution in [0, 0.1) is 0 Å². The van der Waals surface area contributed by atoms with Gasteiger partial charge < -0.3 is 14.2 Å². The topological polar surface area (TPSA) is 81.4 Å². The zero-order valence-corrected chi connectivity index (χ0v) is 15.1. The van der Waals surface area contributed by atoms with Gasteiger partial charge >= 0.3 is 0 Å². The molecule has 0 bridgehead atoms. The van der Waals surface area contributed by atoms with Gasteiger partial charge in [0.1, 0.15) is 10.9 Å². The van der Waals surface area contributed by atoms with Crippen molar-refractivity contribution >= 4 is 17.2 Å². The van der Waals surface area contributed by atoms with Crippen LogP contribution in [0.3, 0.4) is 0 Å². The van der Waals surface area contributed by atoms with E-state index in [1.54, 1.807) is 11.1 Å². The summed E-state index contributed by atoms with van der Waals surface area (Å²) in [6.07, 6.45) is 2.46. The van der Waals surface area contributed by atoms with E-state index in [9.17, 15) is 4.79 Å². The smallest absolute Gasteiger partial charge is 0.266 e. The highest BCUT2D eigenvalue weighted by Gasteiger charge is 2.33. The molecule has 134 valence electrons. The normalized spacial score (nSPS) is 17.4. The zero-order chi connectivity index (χ0) is 17.9. The minimum Gasteiger partial charge on any atom is -0.377 e. The monoisotopic (exact) mass is 370 g/mol. The van der Waals surface area contributed by atoms with Gasteiger partial charge in [0, 0.05) is 12.1 Å². The van der Waals surface area contributed by atoms with Crippen molar-refractivity contribution in [1.82, 2.24) is 20.0 Å². The predicted octanol–water partition coefficient (Wildman–Crippen LogP) is 2.97. The molecule has 3 heterocycles. The summed E-state index contributed by atoms with van der Waals surface area (Å²) in [6, 6.07) is 9.18. The number of carbonyl (C=O) groups excluding carboxylic acids is 1. The molecule has 0 spiro atoms. The minimum atomic E-state index is -0.371. The summed E-state index contributed by atoms with van der Waals surface area (Å²) >= 11 is 1.43. The van der Waals surface area contributed by atoms with Gasteiger partial charge in [-0.05, 0) is 18.6 Å². The average molecular weight is 370 g/mol. The Morgan fingerprint density at radius 2 is 2.19 bits per heavy atom. The summed E-state index contributed by atoms with van der Waals surface area (Å²) in [5, 5.41) is 5.04. The van der Waals surface area contributed by atoms with Gasteiger partial charge in [-0.15, -0.1) is 11.3 Å². The Morgan fingerprint density at radius 1 is 1.35 bits per heavy atom. The van der Waals surface area contributed by atoms with Crippen LogP contribution >= 0.6 is 11.3 Å². The third-order valence-electron chi connectivity index (χ3n) is 4.22. The number of hydrogen-bond donors (Lipinski definition) is 0. The van der Waals surface area contributed by atoms with Crippen LogP contribution < -0.4 is 0 Å². The SMILES string of the molecule is CCc1ncc(C(=O)N2CCOC[C@@H]2c2noc(-c3ccccc3)n2)s1. The molecular weight excluding hydrogens is 352 g/mol. The van der Waals surface area contributed by atoms with Crippen molar-refractivity contribution in [3.63, 3.8) is 0 Å². The van der Waals surface area contributed by atoms with Crippen molar-refractivity contribution < 1.29 is 14.1 Å². The van der Waals surface area contributed by atoms with Crippen LogP contribution in [-0.4, -0.2) is 45.7 Å². The van der Waals surface area contributed by atoms with Crippen LogP contribution in [-0.2, 0) is 11.2 Å². The summed E-state index contributed by atoms with van der Waals surface area (Å²) < 4.78 is 11.0. The van der Waals surface area contributed by atoms with Crippen molar-refractivity contribution in [3.8, 4) is 11.5 Å². The Balaban J connectivity index is 1.60. The van der Waals surface area contributed by atoms with Gasteiger partial charge in [-0.25, -0.2) is 4.98 Å². The molecule has 2 aromatic heterocycles. The van der Waals surface area contributed by atoms with E-state index < -0.39 is 0 Å². The number of hydrogen-bond acceptors (Lipinski definition) is 7. The van der Waals surface area contributed by atoms with E-state index in [1.807, 2.05) is 37.3 Å². The number of carbonyl (C=O) groups is 1. The molecule has 3 aromatic rings. The molecule has 0 aliphatic carbocycles. The van der Waals surface area contributed by atoms with Gasteiger partial charge in [-0.3, -0.25) is 4.79 Å². The van der Waals surface area contributed by atoms with E-state index in [0.29, 0.717) is 36.4 Å². The van der Waals surface area contributed by atoms with Crippen molar-refractivity contribution in [2.75, 3.05) is 19.8 Å². The number of aromatic nitrogens is 3. The Kier molecular flexibility index (Phi) is 4.77. The first kappa shape index (κ1) is 16.9. The molecule has 1 aliphatic heterocycles. The summed E-state index contributed by atoms with van der Waals surface area (Å²) in [4.78, 5) is 24.1. The number of morpholine rings is 1. The fraction of sp³-hybridized carbons (Fsp3) is 0.333. The van der Waals surface area contributed by atoms with Crippen molar-refractivity contribution in [1.29, 1.82) is 0 Å². The number of nitrogens with zero attached hydrogens (tertiary/aromatic N) is 4. The summed E-state index contributed by atoms with van der Waals surface area (Å²) in [5.41, 5.74) is 0.843. The number of amides is 1. The molecule has 4 rings (SSSR count). The highest BCUT2D eigenvalue weighted by molar-refractivity contribution is 7.13. The first-order valence-electron chi connectivity index (χ1n) is 8.48. The molecule has 0 saturated carbocycles. The molecule has 8 heteroatoms. The van der Waals surface area contributed by atoms with Crippen molar-refractivity contribution in [2.45, 2.75) is 19.4 Å². The second-order valence-corrected chi connectivity index (χ2v) is 7.00. The molecule has 1 saturated heterocycles. The van der Waals surface area contributed by atoms with Crippen molar-refractivity contribution in [3.05, 3.63) is 52.2 Å². The lowest BCUT2D eigenvalue weighted by Gasteiger charge is -2.33. The fourth-order valence-corrected chi connectivity index (χ4v) is 3.66. The van der Waals surface area contributed by atoms with Gasteiger partial charge in [0.15, 0.2) is 5.82 Å². The largest absolute Gasteiger partial charge is 0.377 e. The third-order valence-corrected chi connectivity index (χ3v) is 5.35. The maximum Gasteiger partial charge on any atom is 0.266 e. The number of ether oxygens (including phenoxy) is 1. The van der Waals surface area contributed by atoms with Crippen LogP contribution in [0.4, 0.5) is 0 Å². The highest BCUT2D eigenvalue weighted by atomic mass is 32.1. The van der Waals surface area contributed by atoms with Gasteiger partial charge in [0.2, 0.25) is 0 Å². The van der Waals surface area contributed by atoms with E-state index in [0.717, 1.165) is 17.0 Å². The lowest BCUT2D eigenvalue weighted by Crippen LogP contribution is -2.43. The van der Waals surface area contributed by atoms with E-state index in [4.69, 9.17) is 9.26 Å². The maximum atomic E-state index is 12.9. The first-order chi connectivity index (χ1) is 12.8. The van der Waals surface area contributed by atoms with E-state index >= 15 is 0 Å². The van der Waals surface area contributed by atoms with Crippen LogP contribution in [0.15, 0.2) is 41.1 Å². The quantitative estimate of drug-likeness (QED) is 0.702. The molecule has 1 fully saturated rings. The molecular formula is C18H18N4O3S. The lowest BCUT2D eigenvalue weighted by atomic mass is 10.2. The van der Waals surface area contributed by atoms with Crippen LogP contribution in [0.25, 0.3) is 11.5 Å². The maximum absolute atomic E-state index is 12.9. The summed E-state index contributed by atoms with van der Waals surface area (Å²) in [7, 11) is 0. The number of thiazole rings is 1. The van der Waals surface area contributed by atoms with Crippen LogP contribution in [0.1, 0.15) is 33.5 Å². The van der Waals surface area contributed by atoms with Gasteiger partial charge in [-0.1, -0.05) is 30.3 Å². The standard InChI is InChI=1S/C18H18N4O3S/c1-2-15-19-10-14(26-15)18(23)22-8-9-24-11-13(22)16-20-17(25-21-16)12-6-4-3-5-7-12/h3-7,10,13H,2,8-9,11H2,1H3/t13-/m1/s1.